The first-order chi connectivity index (χ1) is 15.2. The number of para-hydroxylation sites is 1. The number of carbonyl (C=O) groups is 1. The van der Waals surface area contributed by atoms with Gasteiger partial charge in [0.2, 0.25) is 0 Å². The highest BCUT2D eigenvalue weighted by Gasteiger charge is 2.13. The Morgan fingerprint density at radius 1 is 1.03 bits per heavy atom. The number of nitrogens with one attached hydrogen (secondary N) is 3. The molecule has 0 unspecified atom stereocenters. The van der Waals surface area contributed by atoms with Gasteiger partial charge in [-0.3, -0.25) is 15.0 Å². The van der Waals surface area contributed by atoms with Crippen LogP contribution in [-0.4, -0.2) is 27.6 Å². The van der Waals surface area contributed by atoms with Gasteiger partial charge in [-0.1, -0.05) is 48.5 Å². The minimum Gasteiger partial charge on any atom is -0.353 e. The third-order valence-corrected chi connectivity index (χ3v) is 5.13. The highest BCUT2D eigenvalue weighted by Crippen LogP contribution is 2.29. The standard InChI is InChI=1S/C25H24N4O2/c30-24(29-31)13-12-18-8-10-19(11-9-18)17-26-16-14-21-20-5-1-2-6-22(20)28-25(21)23-7-3-4-15-27-23/h1-13,15,26,28,31H,14,16-17H2,(H,29,30)/b13-12+. The molecule has 6 heteroatoms. The second-order valence-corrected chi connectivity index (χ2v) is 7.22. The number of amides is 1. The van der Waals surface area contributed by atoms with Gasteiger partial charge in [0, 0.05) is 29.7 Å². The van der Waals surface area contributed by atoms with E-state index in [-0.39, 0.29) is 0 Å². The van der Waals surface area contributed by atoms with Gasteiger partial charge in [0.05, 0.1) is 11.4 Å². The first-order valence-electron chi connectivity index (χ1n) is 10.2. The third-order valence-electron chi connectivity index (χ3n) is 5.13. The molecule has 4 rings (SSSR count). The van der Waals surface area contributed by atoms with Crippen molar-refractivity contribution in [3.8, 4) is 11.4 Å². The van der Waals surface area contributed by atoms with Crippen LogP contribution in [0.25, 0.3) is 28.4 Å². The molecule has 0 bridgehead atoms. The fraction of sp³-hybridized carbons (Fsp3) is 0.120. The summed E-state index contributed by atoms with van der Waals surface area (Å²) in [7, 11) is 0. The number of nitrogens with zero attached hydrogens (tertiary/aromatic N) is 1. The summed E-state index contributed by atoms with van der Waals surface area (Å²) < 4.78 is 0. The first-order valence-corrected chi connectivity index (χ1v) is 10.2. The van der Waals surface area contributed by atoms with Gasteiger partial charge in [0.15, 0.2) is 0 Å². The Morgan fingerprint density at radius 3 is 2.61 bits per heavy atom. The van der Waals surface area contributed by atoms with Gasteiger partial charge in [0.1, 0.15) is 0 Å². The third kappa shape index (κ3) is 5.06. The molecular formula is C25H24N4O2. The molecule has 0 spiro atoms. The van der Waals surface area contributed by atoms with Crippen molar-refractivity contribution in [2.75, 3.05) is 6.54 Å². The highest BCUT2D eigenvalue weighted by molar-refractivity contribution is 5.91. The first kappa shape index (κ1) is 20.5. The molecular weight excluding hydrogens is 388 g/mol. The predicted octanol–water partition coefficient (Wildman–Crippen LogP) is 4.08. The zero-order chi connectivity index (χ0) is 21.5. The lowest BCUT2D eigenvalue weighted by molar-refractivity contribution is -0.124. The lowest BCUT2D eigenvalue weighted by Crippen LogP contribution is -2.16. The fourth-order valence-electron chi connectivity index (χ4n) is 3.59. The molecule has 6 nitrogen and oxygen atoms in total. The van der Waals surface area contributed by atoms with Crippen molar-refractivity contribution in [1.29, 1.82) is 0 Å². The molecule has 0 aliphatic carbocycles. The van der Waals surface area contributed by atoms with Crippen molar-refractivity contribution in [2.45, 2.75) is 13.0 Å². The number of carbonyl (C=O) groups excluding carboxylic acids is 1. The van der Waals surface area contributed by atoms with E-state index in [2.05, 4.69) is 33.5 Å². The molecule has 1 amide bonds. The maximum Gasteiger partial charge on any atom is 0.267 e. The van der Waals surface area contributed by atoms with Crippen LogP contribution in [-0.2, 0) is 17.8 Å². The smallest absolute Gasteiger partial charge is 0.267 e. The van der Waals surface area contributed by atoms with Crippen molar-refractivity contribution >= 4 is 22.9 Å². The molecule has 0 aliphatic rings. The second kappa shape index (κ2) is 9.84. The Balaban J connectivity index is 1.40. The Morgan fingerprint density at radius 2 is 1.84 bits per heavy atom. The molecule has 31 heavy (non-hydrogen) atoms. The van der Waals surface area contributed by atoms with Crippen LogP contribution >= 0.6 is 0 Å². The molecule has 0 atom stereocenters. The topological polar surface area (TPSA) is 90.0 Å². The fourth-order valence-corrected chi connectivity index (χ4v) is 3.59. The predicted molar refractivity (Wildman–Crippen MR) is 122 cm³/mol. The van der Waals surface area contributed by atoms with Gasteiger partial charge in [0.25, 0.3) is 5.91 Å². The molecule has 4 N–H and O–H groups in total. The molecule has 2 aromatic carbocycles. The maximum absolute atomic E-state index is 11.1. The Labute approximate surface area is 180 Å². The number of H-pyrrole nitrogens is 1. The van der Waals surface area contributed by atoms with Crippen molar-refractivity contribution in [3.05, 3.63) is 95.7 Å². The van der Waals surface area contributed by atoms with Crippen LogP contribution in [0.3, 0.4) is 0 Å². The van der Waals surface area contributed by atoms with Gasteiger partial charge in [-0.15, -0.1) is 0 Å². The summed E-state index contributed by atoms with van der Waals surface area (Å²) in [5, 5.41) is 13.3. The number of benzene rings is 2. The molecule has 2 aromatic heterocycles. The van der Waals surface area contributed by atoms with Gasteiger partial charge >= 0.3 is 0 Å². The van der Waals surface area contributed by atoms with E-state index in [4.69, 9.17) is 5.21 Å². The molecule has 0 aliphatic heterocycles. The van der Waals surface area contributed by atoms with Crippen LogP contribution in [0.2, 0.25) is 0 Å². The molecule has 0 saturated heterocycles. The lowest BCUT2D eigenvalue weighted by Gasteiger charge is -2.07. The zero-order valence-corrected chi connectivity index (χ0v) is 17.0. The Hall–Kier alpha value is -3.74. The van der Waals surface area contributed by atoms with E-state index in [1.54, 1.807) is 11.6 Å². The minimum atomic E-state index is -0.548. The maximum atomic E-state index is 11.1. The van der Waals surface area contributed by atoms with Gasteiger partial charge in [-0.25, -0.2) is 5.48 Å². The van der Waals surface area contributed by atoms with Crippen molar-refractivity contribution in [1.82, 2.24) is 20.8 Å². The largest absolute Gasteiger partial charge is 0.353 e. The minimum absolute atomic E-state index is 0.548. The van der Waals surface area contributed by atoms with Crippen LogP contribution in [0, 0.1) is 0 Å². The molecule has 4 aromatic rings. The number of pyridine rings is 1. The monoisotopic (exact) mass is 412 g/mol. The van der Waals surface area contributed by atoms with Crippen LogP contribution in [0.4, 0.5) is 0 Å². The number of hydrogen-bond donors (Lipinski definition) is 4. The normalized spacial score (nSPS) is 11.3. The van der Waals surface area contributed by atoms with E-state index in [0.29, 0.717) is 0 Å². The molecule has 0 radical (unpaired) electrons. The van der Waals surface area contributed by atoms with Crippen LogP contribution < -0.4 is 10.8 Å². The molecule has 2 heterocycles. The Bertz CT molecular complexity index is 1180. The van der Waals surface area contributed by atoms with Crippen LogP contribution in [0.1, 0.15) is 16.7 Å². The number of hydrogen-bond acceptors (Lipinski definition) is 4. The quantitative estimate of drug-likeness (QED) is 0.152. The van der Waals surface area contributed by atoms with E-state index in [1.807, 2.05) is 54.7 Å². The number of hydroxylamine groups is 1. The van der Waals surface area contributed by atoms with E-state index in [1.165, 1.54) is 17.0 Å². The van der Waals surface area contributed by atoms with Crippen LogP contribution in [0.15, 0.2) is 79.0 Å². The van der Waals surface area contributed by atoms with E-state index in [0.717, 1.165) is 47.5 Å². The zero-order valence-electron chi connectivity index (χ0n) is 17.0. The summed E-state index contributed by atoms with van der Waals surface area (Å²) in [5.41, 5.74) is 8.05. The van der Waals surface area contributed by atoms with E-state index in [9.17, 15) is 4.79 Å². The number of aromatic amines is 1. The molecule has 0 saturated carbocycles. The Kier molecular flexibility index (Phi) is 6.52. The summed E-state index contributed by atoms with van der Waals surface area (Å²) in [6.45, 7) is 1.59. The summed E-state index contributed by atoms with van der Waals surface area (Å²) in [5.74, 6) is -0.548. The van der Waals surface area contributed by atoms with Crippen molar-refractivity contribution in [2.24, 2.45) is 0 Å². The van der Waals surface area contributed by atoms with Crippen molar-refractivity contribution < 1.29 is 10.0 Å². The van der Waals surface area contributed by atoms with E-state index >= 15 is 0 Å². The van der Waals surface area contributed by atoms with Gasteiger partial charge < -0.3 is 10.3 Å². The van der Waals surface area contributed by atoms with Crippen LogP contribution in [0.5, 0.6) is 0 Å². The van der Waals surface area contributed by atoms with Gasteiger partial charge in [-0.05, 0) is 53.9 Å². The summed E-state index contributed by atoms with van der Waals surface area (Å²) in [6.07, 6.45) is 5.64. The summed E-state index contributed by atoms with van der Waals surface area (Å²) in [4.78, 5) is 19.1. The molecule has 0 fully saturated rings. The number of fused-ring (bicyclic) bond motifs is 1. The average molecular weight is 412 g/mol. The summed E-state index contributed by atoms with van der Waals surface area (Å²) >= 11 is 0. The lowest BCUT2D eigenvalue weighted by atomic mass is 10.1. The highest BCUT2D eigenvalue weighted by atomic mass is 16.5. The average Bonchev–Trinajstić information content (AvgIpc) is 3.20. The van der Waals surface area contributed by atoms with Crippen molar-refractivity contribution in [3.63, 3.8) is 0 Å². The summed E-state index contributed by atoms with van der Waals surface area (Å²) in [6, 6.07) is 22.2. The number of aromatic nitrogens is 2. The number of rotatable bonds is 8. The van der Waals surface area contributed by atoms with Gasteiger partial charge in [-0.2, -0.15) is 0 Å². The molecule has 156 valence electrons. The SMILES string of the molecule is O=C(/C=C/c1ccc(CNCCc2c(-c3ccccn3)[nH]c3ccccc23)cc1)NO. The van der Waals surface area contributed by atoms with E-state index < -0.39 is 5.91 Å². The second-order valence-electron chi connectivity index (χ2n) is 7.22.